The van der Waals surface area contributed by atoms with Gasteiger partial charge in [0.25, 0.3) is 0 Å². The molecule has 0 aromatic carbocycles. The van der Waals surface area contributed by atoms with Crippen LogP contribution in [0.1, 0.15) is 69.0 Å². The van der Waals surface area contributed by atoms with Gasteiger partial charge in [0.15, 0.2) is 0 Å². The smallest absolute Gasteiger partial charge is 0.0537 e. The second-order valence-electron chi connectivity index (χ2n) is 7.21. The zero-order chi connectivity index (χ0) is 14.7. The molecule has 3 rings (SSSR count). The molecule has 0 spiro atoms. The summed E-state index contributed by atoms with van der Waals surface area (Å²) in [6.07, 6.45) is 15.1. The third kappa shape index (κ3) is 3.50. The highest BCUT2D eigenvalue weighted by Gasteiger charge is 2.32. The molecule has 2 unspecified atom stereocenters. The van der Waals surface area contributed by atoms with Crippen LogP contribution in [-0.2, 0) is 13.6 Å². The van der Waals surface area contributed by atoms with E-state index in [1.807, 2.05) is 17.9 Å². The molecule has 3 nitrogen and oxygen atoms in total. The van der Waals surface area contributed by atoms with Crippen molar-refractivity contribution in [2.45, 2.75) is 77.3 Å². The first-order chi connectivity index (χ1) is 10.3. The fourth-order valence-electron chi connectivity index (χ4n) is 4.50. The maximum Gasteiger partial charge on any atom is 0.0537 e. The van der Waals surface area contributed by atoms with Gasteiger partial charge in [-0.25, -0.2) is 0 Å². The number of aromatic nitrogens is 2. The van der Waals surface area contributed by atoms with Crippen LogP contribution < -0.4 is 5.32 Å². The minimum absolute atomic E-state index is 0.737. The molecule has 2 aliphatic rings. The van der Waals surface area contributed by atoms with Crippen molar-refractivity contribution >= 4 is 0 Å². The van der Waals surface area contributed by atoms with E-state index < -0.39 is 0 Å². The lowest BCUT2D eigenvalue weighted by Crippen LogP contribution is -2.42. The van der Waals surface area contributed by atoms with Crippen molar-refractivity contribution in [2.75, 3.05) is 0 Å². The molecular formula is C18H31N3. The van der Waals surface area contributed by atoms with Crippen molar-refractivity contribution in [3.63, 3.8) is 0 Å². The molecule has 1 aromatic rings. The second-order valence-corrected chi connectivity index (χ2v) is 7.21. The zero-order valence-corrected chi connectivity index (χ0v) is 13.8. The standard InChI is InChI=1S/C18H31N3/c1-14-16(13-20-21(14)2)12-19-18-11-7-6-10-17(18)15-8-4-3-5-9-15/h13,15,17-19H,3-12H2,1-2H3. The van der Waals surface area contributed by atoms with Gasteiger partial charge in [-0.15, -0.1) is 0 Å². The normalized spacial score (nSPS) is 27.9. The number of hydrogen-bond acceptors (Lipinski definition) is 2. The Bertz CT molecular complexity index is 445. The van der Waals surface area contributed by atoms with Crippen molar-refractivity contribution in [2.24, 2.45) is 18.9 Å². The van der Waals surface area contributed by atoms with E-state index in [9.17, 15) is 0 Å². The molecule has 0 amide bonds. The summed E-state index contributed by atoms with van der Waals surface area (Å²) in [6, 6.07) is 0.737. The number of aryl methyl sites for hydroxylation is 1. The molecule has 3 heteroatoms. The Morgan fingerprint density at radius 2 is 1.81 bits per heavy atom. The van der Waals surface area contributed by atoms with Crippen molar-refractivity contribution in [3.8, 4) is 0 Å². The van der Waals surface area contributed by atoms with Gasteiger partial charge in [-0.1, -0.05) is 44.9 Å². The second kappa shape index (κ2) is 6.95. The summed E-state index contributed by atoms with van der Waals surface area (Å²) in [4.78, 5) is 0. The summed E-state index contributed by atoms with van der Waals surface area (Å²) in [5.41, 5.74) is 2.66. The molecule has 2 fully saturated rings. The minimum atomic E-state index is 0.737. The zero-order valence-electron chi connectivity index (χ0n) is 13.8. The lowest BCUT2D eigenvalue weighted by atomic mass is 9.71. The van der Waals surface area contributed by atoms with Crippen LogP contribution in [0, 0.1) is 18.8 Å². The van der Waals surface area contributed by atoms with Gasteiger partial charge in [-0.3, -0.25) is 4.68 Å². The van der Waals surface area contributed by atoms with Crippen LogP contribution in [0.4, 0.5) is 0 Å². The SMILES string of the molecule is Cc1c(CNC2CCCCC2C2CCCCC2)cnn1C. The molecule has 21 heavy (non-hydrogen) atoms. The van der Waals surface area contributed by atoms with Gasteiger partial charge in [-0.2, -0.15) is 5.10 Å². The van der Waals surface area contributed by atoms with Crippen LogP contribution in [0.5, 0.6) is 0 Å². The third-order valence-corrected chi connectivity index (χ3v) is 5.97. The molecule has 1 aromatic heterocycles. The number of nitrogens with zero attached hydrogens (tertiary/aromatic N) is 2. The summed E-state index contributed by atoms with van der Waals surface area (Å²) in [6.45, 7) is 3.16. The minimum Gasteiger partial charge on any atom is -0.310 e. The Labute approximate surface area is 129 Å². The largest absolute Gasteiger partial charge is 0.310 e. The van der Waals surface area contributed by atoms with E-state index in [1.165, 1.54) is 69.0 Å². The predicted molar refractivity (Wildman–Crippen MR) is 87.1 cm³/mol. The Kier molecular flexibility index (Phi) is 4.99. The maximum atomic E-state index is 4.37. The average Bonchev–Trinajstić information content (AvgIpc) is 2.86. The topological polar surface area (TPSA) is 29.9 Å². The molecule has 2 saturated carbocycles. The van der Waals surface area contributed by atoms with Crippen molar-refractivity contribution < 1.29 is 0 Å². The van der Waals surface area contributed by atoms with Gasteiger partial charge in [0.2, 0.25) is 0 Å². The Morgan fingerprint density at radius 1 is 1.10 bits per heavy atom. The molecule has 2 aliphatic carbocycles. The first kappa shape index (κ1) is 15.1. The van der Waals surface area contributed by atoms with Crippen LogP contribution in [0.2, 0.25) is 0 Å². The third-order valence-electron chi connectivity index (χ3n) is 5.97. The first-order valence-electron chi connectivity index (χ1n) is 8.96. The van der Waals surface area contributed by atoms with Gasteiger partial charge in [0, 0.05) is 30.9 Å². The van der Waals surface area contributed by atoms with E-state index in [-0.39, 0.29) is 0 Å². The van der Waals surface area contributed by atoms with Crippen LogP contribution in [0.15, 0.2) is 6.20 Å². The van der Waals surface area contributed by atoms with E-state index in [4.69, 9.17) is 0 Å². The summed E-state index contributed by atoms with van der Waals surface area (Å²) >= 11 is 0. The summed E-state index contributed by atoms with van der Waals surface area (Å²) in [5.74, 6) is 1.92. The number of nitrogens with one attached hydrogen (secondary N) is 1. The Morgan fingerprint density at radius 3 is 2.52 bits per heavy atom. The van der Waals surface area contributed by atoms with Gasteiger partial charge in [0.05, 0.1) is 6.20 Å². The molecule has 0 bridgehead atoms. The molecule has 1 N–H and O–H groups in total. The first-order valence-corrected chi connectivity index (χ1v) is 8.96. The maximum absolute atomic E-state index is 4.37. The van der Waals surface area contributed by atoms with E-state index in [1.54, 1.807) is 0 Å². The summed E-state index contributed by atoms with van der Waals surface area (Å²) in [7, 11) is 2.03. The fraction of sp³-hybridized carbons (Fsp3) is 0.833. The molecular weight excluding hydrogens is 258 g/mol. The molecule has 118 valence electrons. The van der Waals surface area contributed by atoms with Crippen LogP contribution >= 0.6 is 0 Å². The van der Waals surface area contributed by atoms with Crippen molar-refractivity contribution in [3.05, 3.63) is 17.5 Å². The van der Waals surface area contributed by atoms with Gasteiger partial charge >= 0.3 is 0 Å². The van der Waals surface area contributed by atoms with Crippen molar-refractivity contribution in [1.82, 2.24) is 15.1 Å². The Balaban J connectivity index is 1.60. The van der Waals surface area contributed by atoms with Gasteiger partial charge in [0.1, 0.15) is 0 Å². The van der Waals surface area contributed by atoms with E-state index in [0.717, 1.165) is 24.4 Å². The van der Waals surface area contributed by atoms with E-state index in [2.05, 4.69) is 17.3 Å². The van der Waals surface area contributed by atoms with Crippen LogP contribution in [0.3, 0.4) is 0 Å². The Hall–Kier alpha value is -0.830. The van der Waals surface area contributed by atoms with Gasteiger partial charge in [-0.05, 0) is 31.6 Å². The van der Waals surface area contributed by atoms with Crippen LogP contribution in [-0.4, -0.2) is 15.8 Å². The lowest BCUT2D eigenvalue weighted by molar-refractivity contribution is 0.149. The summed E-state index contributed by atoms with van der Waals surface area (Å²) in [5, 5.41) is 8.25. The lowest BCUT2D eigenvalue weighted by Gasteiger charge is -2.39. The highest BCUT2D eigenvalue weighted by atomic mass is 15.3. The average molecular weight is 289 g/mol. The quantitative estimate of drug-likeness (QED) is 0.909. The number of rotatable bonds is 4. The summed E-state index contributed by atoms with van der Waals surface area (Å²) < 4.78 is 1.98. The van der Waals surface area contributed by atoms with Crippen LogP contribution in [0.25, 0.3) is 0 Å². The van der Waals surface area contributed by atoms with E-state index >= 15 is 0 Å². The number of hydrogen-bond donors (Lipinski definition) is 1. The highest BCUT2D eigenvalue weighted by molar-refractivity contribution is 5.15. The van der Waals surface area contributed by atoms with Crippen molar-refractivity contribution in [1.29, 1.82) is 0 Å². The molecule has 0 aliphatic heterocycles. The van der Waals surface area contributed by atoms with Gasteiger partial charge < -0.3 is 5.32 Å². The highest BCUT2D eigenvalue weighted by Crippen LogP contribution is 2.38. The van der Waals surface area contributed by atoms with E-state index in [0.29, 0.717) is 0 Å². The molecule has 0 radical (unpaired) electrons. The molecule has 0 saturated heterocycles. The predicted octanol–water partition coefficient (Wildman–Crippen LogP) is 3.96. The molecule has 1 heterocycles. The monoisotopic (exact) mass is 289 g/mol. The molecule has 2 atom stereocenters. The fourth-order valence-corrected chi connectivity index (χ4v) is 4.50.